The number of rotatable bonds is 5. The van der Waals surface area contributed by atoms with E-state index in [0.29, 0.717) is 11.5 Å². The molecule has 0 spiro atoms. The van der Waals surface area contributed by atoms with E-state index in [1.54, 1.807) is 0 Å². The second-order valence-corrected chi connectivity index (χ2v) is 9.44. The monoisotopic (exact) mass is 439 g/mol. The van der Waals surface area contributed by atoms with Crippen molar-refractivity contribution >= 4 is 39.1 Å². The number of hydrogen-bond acceptors (Lipinski definition) is 8. The lowest BCUT2D eigenvalue weighted by atomic mass is 10.0. The smallest absolute Gasteiger partial charge is 0.370 e. The number of ketones is 1. The Balaban J connectivity index is 2.12. The molecular weight excluding hydrogens is 418 g/mol. The Kier molecular flexibility index (Phi) is 6.18. The number of hydrogen-bond donors (Lipinski definition) is 2. The van der Waals surface area contributed by atoms with E-state index in [1.807, 2.05) is 0 Å². The minimum Gasteiger partial charge on any atom is -0.506 e. The van der Waals surface area contributed by atoms with Crippen molar-refractivity contribution in [3.63, 3.8) is 0 Å². The van der Waals surface area contributed by atoms with E-state index in [2.05, 4.69) is 22.1 Å². The van der Waals surface area contributed by atoms with Gasteiger partial charge in [0.05, 0.1) is 28.6 Å². The molecule has 0 unspecified atom stereocenters. The molecule has 1 aliphatic heterocycles. The first-order valence-corrected chi connectivity index (χ1v) is 11.2. The molecule has 1 aromatic heterocycles. The van der Waals surface area contributed by atoms with Crippen LogP contribution in [0.5, 0.6) is 17.4 Å². The number of nitrogens with zero attached hydrogens (tertiary/aromatic N) is 3. The molecule has 0 radical (unpaired) electrons. The summed E-state index contributed by atoms with van der Waals surface area (Å²) in [6.07, 6.45) is 3.82. The molecule has 2 heterocycles. The lowest BCUT2D eigenvalue weighted by Gasteiger charge is -2.17. The van der Waals surface area contributed by atoms with E-state index in [1.165, 1.54) is 37.2 Å². The van der Waals surface area contributed by atoms with Crippen molar-refractivity contribution in [3.05, 3.63) is 29.5 Å². The van der Waals surface area contributed by atoms with Crippen molar-refractivity contribution < 1.29 is 28.4 Å². The highest BCUT2D eigenvalue weighted by atomic mass is 32.2. The molecule has 1 fully saturated rings. The number of methoxy groups -OCH3 is 1. The number of aromatic hydroxyl groups is 1. The van der Waals surface area contributed by atoms with Crippen LogP contribution in [0.1, 0.15) is 35.2 Å². The van der Waals surface area contributed by atoms with Crippen LogP contribution in [0.3, 0.4) is 0 Å². The molecule has 156 valence electrons. The van der Waals surface area contributed by atoms with Gasteiger partial charge in [-0.05, 0) is 25.0 Å². The lowest BCUT2D eigenvalue weighted by molar-refractivity contribution is 0.103. The van der Waals surface area contributed by atoms with E-state index in [0.717, 1.165) is 19.3 Å². The summed E-state index contributed by atoms with van der Waals surface area (Å²) >= 11 is 3.57. The summed E-state index contributed by atoms with van der Waals surface area (Å²) in [7, 11) is 0.287. The van der Waals surface area contributed by atoms with Gasteiger partial charge in [0.15, 0.2) is 11.4 Å². The quantitative estimate of drug-likeness (QED) is 0.417. The Morgan fingerprint density at radius 1 is 1.24 bits per heavy atom. The summed E-state index contributed by atoms with van der Waals surface area (Å²) in [5, 5.41) is 13.4. The summed E-state index contributed by atoms with van der Waals surface area (Å²) in [5.74, 6) is -0.0248. The van der Waals surface area contributed by atoms with Gasteiger partial charge in [-0.2, -0.15) is 9.46 Å². The summed E-state index contributed by atoms with van der Waals surface area (Å²) in [6.45, 7) is 0. The van der Waals surface area contributed by atoms with Crippen LogP contribution in [0, 0.1) is 0 Å². The summed E-state index contributed by atoms with van der Waals surface area (Å²) in [5.41, 5.74) is 0.0425. The number of thiol groups is 1. The molecule has 3 rings (SSSR count). The van der Waals surface area contributed by atoms with Crippen LogP contribution in [0.2, 0.25) is 0 Å². The van der Waals surface area contributed by atoms with Crippen molar-refractivity contribution in [3.8, 4) is 17.4 Å². The Morgan fingerprint density at radius 3 is 2.55 bits per heavy atom. The number of ether oxygens (including phenoxy) is 2. The lowest BCUT2D eigenvalue weighted by Crippen LogP contribution is -2.16. The van der Waals surface area contributed by atoms with Crippen LogP contribution in [0.15, 0.2) is 22.7 Å². The maximum absolute atomic E-state index is 13.1. The van der Waals surface area contributed by atoms with Gasteiger partial charge in [-0.1, -0.05) is 19.0 Å². The van der Waals surface area contributed by atoms with Crippen LogP contribution in [0.25, 0.3) is 0 Å². The summed E-state index contributed by atoms with van der Waals surface area (Å²) in [4.78, 5) is 24.4. The van der Waals surface area contributed by atoms with Crippen molar-refractivity contribution in [2.45, 2.75) is 19.3 Å². The molecule has 1 aromatic carbocycles. The third kappa shape index (κ3) is 4.40. The van der Waals surface area contributed by atoms with Crippen LogP contribution in [0.4, 0.5) is 10.5 Å². The molecule has 2 aromatic rings. The fourth-order valence-electron chi connectivity index (χ4n) is 3.16. The van der Waals surface area contributed by atoms with Crippen LogP contribution in [-0.2, 0) is 16.8 Å². The van der Waals surface area contributed by atoms with Crippen molar-refractivity contribution in [2.24, 2.45) is 11.4 Å². The molecule has 1 N–H and O–H groups in total. The largest absolute Gasteiger partial charge is 0.506 e. The van der Waals surface area contributed by atoms with E-state index in [4.69, 9.17) is 9.47 Å². The van der Waals surface area contributed by atoms with Gasteiger partial charge < -0.3 is 14.6 Å². The number of carbonyl (C=O) groups excluding carboxylic acids is 2. The highest BCUT2D eigenvalue weighted by molar-refractivity contribution is 7.96. The second-order valence-electron chi connectivity index (χ2n) is 6.53. The maximum atomic E-state index is 13.1. The van der Waals surface area contributed by atoms with E-state index in [-0.39, 0.29) is 34.2 Å². The molecule has 1 aliphatic rings. The summed E-state index contributed by atoms with van der Waals surface area (Å²) < 4.78 is 28.9. The van der Waals surface area contributed by atoms with Crippen LogP contribution >= 0.6 is 12.6 Å². The van der Waals surface area contributed by atoms with Gasteiger partial charge in [0.2, 0.25) is 11.7 Å². The highest BCUT2D eigenvalue weighted by Crippen LogP contribution is 2.42. The number of aryl methyl sites for hydroxylation is 1. The van der Waals surface area contributed by atoms with Crippen molar-refractivity contribution in [1.82, 2.24) is 9.78 Å². The molecule has 9 nitrogen and oxygen atoms in total. The van der Waals surface area contributed by atoms with Gasteiger partial charge in [-0.15, -0.1) is 0 Å². The normalized spacial score (nSPS) is 15.6. The molecule has 11 heteroatoms. The zero-order valence-electron chi connectivity index (χ0n) is 16.0. The Hall–Kier alpha value is -2.53. The number of aromatic nitrogens is 2. The fraction of sp³-hybridized carbons (Fsp3) is 0.389. The zero-order valence-corrected chi connectivity index (χ0v) is 17.7. The first kappa shape index (κ1) is 21.2. The zero-order chi connectivity index (χ0) is 21.2. The molecule has 0 atom stereocenters. The van der Waals surface area contributed by atoms with Gasteiger partial charge >= 0.3 is 5.30 Å². The first-order valence-electron chi connectivity index (χ1n) is 8.85. The minimum absolute atomic E-state index is 0.00435. The molecule has 0 amide bonds. The van der Waals surface area contributed by atoms with E-state index >= 15 is 0 Å². The van der Waals surface area contributed by atoms with Gasteiger partial charge in [0.25, 0.3) is 0 Å². The van der Waals surface area contributed by atoms with Crippen LogP contribution < -0.4 is 9.47 Å². The van der Waals surface area contributed by atoms with E-state index < -0.39 is 20.8 Å². The Morgan fingerprint density at radius 2 is 1.93 bits per heavy atom. The molecule has 0 saturated carbocycles. The maximum Gasteiger partial charge on any atom is 0.370 e. The van der Waals surface area contributed by atoms with Gasteiger partial charge in [-0.3, -0.25) is 4.79 Å². The van der Waals surface area contributed by atoms with Gasteiger partial charge in [0.1, 0.15) is 11.3 Å². The standard InChI is InChI=1S/C18H21N3O6S2/c1-21-17(27-18(24)28)12(10-19-21)15(23)11-6-7-13(22)14(16(11)26-2)20-29(25)8-4-3-5-9-29/h6-7,10,22H,3-5,8-9H2,1-2H3,(H,24,28). The number of carbonyl (C=O) groups is 2. The minimum atomic E-state index is -2.55. The number of benzene rings is 1. The Labute approximate surface area is 173 Å². The predicted molar refractivity (Wildman–Crippen MR) is 110 cm³/mol. The third-order valence-electron chi connectivity index (χ3n) is 4.56. The topological polar surface area (TPSA) is 120 Å². The third-order valence-corrected chi connectivity index (χ3v) is 7.02. The Bertz CT molecular complexity index is 1070. The SMILES string of the molecule is COc1c(C(=O)c2cnn(C)c2OC(=O)S)ccc(O)c1N=S1(=O)CCCCC1. The number of phenols is 1. The average Bonchev–Trinajstić information content (AvgIpc) is 3.03. The average molecular weight is 440 g/mol. The fourth-order valence-corrected chi connectivity index (χ4v) is 5.45. The summed E-state index contributed by atoms with van der Waals surface area (Å²) in [6, 6.07) is 2.66. The van der Waals surface area contributed by atoms with Crippen molar-refractivity contribution in [2.75, 3.05) is 18.6 Å². The molecule has 1 saturated heterocycles. The molecular formula is C18H21N3O6S2. The van der Waals surface area contributed by atoms with Crippen LogP contribution in [-0.4, -0.2) is 48.8 Å². The second kappa shape index (κ2) is 8.46. The molecule has 29 heavy (non-hydrogen) atoms. The van der Waals surface area contributed by atoms with E-state index in [9.17, 15) is 18.9 Å². The predicted octanol–water partition coefficient (Wildman–Crippen LogP) is 3.08. The molecule has 0 bridgehead atoms. The van der Waals surface area contributed by atoms with Gasteiger partial charge in [0, 0.05) is 18.6 Å². The number of phenolic OH excluding ortho intramolecular Hbond substituents is 1. The first-order chi connectivity index (χ1) is 13.8. The van der Waals surface area contributed by atoms with Gasteiger partial charge in [-0.25, -0.2) is 13.7 Å². The molecule has 0 aliphatic carbocycles. The highest BCUT2D eigenvalue weighted by Gasteiger charge is 2.27. The van der Waals surface area contributed by atoms with Crippen molar-refractivity contribution in [1.29, 1.82) is 0 Å².